The molecular weight excluding hydrogens is 227 g/mol. The summed E-state index contributed by atoms with van der Waals surface area (Å²) in [6.07, 6.45) is 4.27. The monoisotopic (exact) mass is 242 g/mol. The quantitative estimate of drug-likeness (QED) is 0.856. The minimum Gasteiger partial charge on any atom is -0.393 e. The zero-order valence-corrected chi connectivity index (χ0v) is 9.88. The Balaban J connectivity index is 1.96. The first-order valence-electron chi connectivity index (χ1n) is 5.77. The van der Waals surface area contributed by atoms with Gasteiger partial charge in [-0.05, 0) is 24.5 Å². The second-order valence-corrected chi connectivity index (χ2v) is 5.00. The summed E-state index contributed by atoms with van der Waals surface area (Å²) in [5.74, 6) is 0.306. The van der Waals surface area contributed by atoms with Crippen LogP contribution in [0.3, 0.4) is 0 Å². The lowest BCUT2D eigenvalue weighted by atomic mass is 9.80. The lowest BCUT2D eigenvalue weighted by Crippen LogP contribution is -2.21. The molecule has 0 heterocycles. The number of hydrogen-bond donors (Lipinski definition) is 1. The van der Waals surface area contributed by atoms with E-state index in [4.69, 9.17) is 11.6 Å². The maximum atomic E-state index is 13.4. The molecule has 0 aliphatic heterocycles. The molecule has 1 atom stereocenters. The highest BCUT2D eigenvalue weighted by Gasteiger charge is 2.22. The van der Waals surface area contributed by atoms with E-state index in [2.05, 4.69) is 0 Å². The van der Waals surface area contributed by atoms with Crippen LogP contribution < -0.4 is 0 Å². The average molecular weight is 243 g/mol. The van der Waals surface area contributed by atoms with Crippen molar-refractivity contribution < 1.29 is 9.50 Å². The van der Waals surface area contributed by atoms with E-state index in [1.54, 1.807) is 12.1 Å². The van der Waals surface area contributed by atoms with Crippen molar-refractivity contribution in [2.24, 2.45) is 5.92 Å². The molecule has 2 rings (SSSR count). The van der Waals surface area contributed by atoms with E-state index in [0.717, 1.165) is 6.42 Å². The fourth-order valence-corrected chi connectivity index (χ4v) is 2.40. The number of hydrogen-bond acceptors (Lipinski definition) is 1. The SMILES string of the molecule is OC(Cc1c(F)cccc1Cl)CC1CCC1. The van der Waals surface area contributed by atoms with Crippen LogP contribution in [0.25, 0.3) is 0 Å². The normalized spacial score (nSPS) is 18.2. The van der Waals surface area contributed by atoms with Crippen molar-refractivity contribution in [1.29, 1.82) is 0 Å². The standard InChI is InChI=1S/C13H16ClFO/c14-12-5-2-6-13(15)11(12)8-10(16)7-9-3-1-4-9/h2,5-6,9-10,16H,1,3-4,7-8H2. The van der Waals surface area contributed by atoms with E-state index in [-0.39, 0.29) is 5.82 Å². The van der Waals surface area contributed by atoms with E-state index in [9.17, 15) is 9.50 Å². The van der Waals surface area contributed by atoms with Gasteiger partial charge < -0.3 is 5.11 Å². The smallest absolute Gasteiger partial charge is 0.127 e. The van der Waals surface area contributed by atoms with Gasteiger partial charge in [0.05, 0.1) is 6.10 Å². The van der Waals surface area contributed by atoms with Gasteiger partial charge in [-0.25, -0.2) is 4.39 Å². The zero-order chi connectivity index (χ0) is 11.5. The summed E-state index contributed by atoms with van der Waals surface area (Å²) in [6, 6.07) is 4.63. The van der Waals surface area contributed by atoms with Crippen molar-refractivity contribution in [3.8, 4) is 0 Å². The van der Waals surface area contributed by atoms with Crippen LogP contribution >= 0.6 is 11.6 Å². The molecule has 0 spiro atoms. The van der Waals surface area contributed by atoms with Gasteiger partial charge in [0.2, 0.25) is 0 Å². The Hall–Kier alpha value is -0.600. The minimum atomic E-state index is -0.473. The van der Waals surface area contributed by atoms with Gasteiger partial charge in [0.25, 0.3) is 0 Å². The first-order chi connectivity index (χ1) is 7.66. The molecule has 0 bridgehead atoms. The first kappa shape index (κ1) is 11.9. The summed E-state index contributed by atoms with van der Waals surface area (Å²) in [7, 11) is 0. The molecule has 0 radical (unpaired) electrons. The van der Waals surface area contributed by atoms with Crippen LogP contribution in [0.1, 0.15) is 31.2 Å². The molecule has 0 saturated heterocycles. The molecule has 1 saturated carbocycles. The van der Waals surface area contributed by atoms with Crippen LogP contribution in [0.15, 0.2) is 18.2 Å². The van der Waals surface area contributed by atoms with Gasteiger partial charge in [-0.15, -0.1) is 0 Å². The van der Waals surface area contributed by atoms with Crippen molar-refractivity contribution in [2.75, 3.05) is 0 Å². The van der Waals surface area contributed by atoms with Gasteiger partial charge in [0.15, 0.2) is 0 Å². The van der Waals surface area contributed by atoms with Gasteiger partial charge in [-0.2, -0.15) is 0 Å². The van der Waals surface area contributed by atoms with E-state index in [0.29, 0.717) is 22.9 Å². The molecule has 1 aliphatic carbocycles. The van der Waals surface area contributed by atoms with Crippen LogP contribution in [-0.4, -0.2) is 11.2 Å². The minimum absolute atomic E-state index is 0.319. The molecule has 1 aromatic rings. The van der Waals surface area contributed by atoms with Crippen molar-refractivity contribution >= 4 is 11.6 Å². The second-order valence-electron chi connectivity index (χ2n) is 4.59. The lowest BCUT2D eigenvalue weighted by molar-refractivity contribution is 0.117. The van der Waals surface area contributed by atoms with Crippen molar-refractivity contribution in [3.05, 3.63) is 34.6 Å². The third kappa shape index (κ3) is 2.74. The summed E-state index contributed by atoms with van der Waals surface area (Å²) in [5.41, 5.74) is 0.441. The molecule has 1 aliphatic rings. The summed E-state index contributed by atoms with van der Waals surface area (Å²) >= 11 is 5.91. The number of benzene rings is 1. The Bertz CT molecular complexity index is 343. The molecule has 1 fully saturated rings. The topological polar surface area (TPSA) is 20.2 Å². The summed E-state index contributed by atoms with van der Waals surface area (Å²) in [6.45, 7) is 0. The number of aliphatic hydroxyl groups excluding tert-OH is 1. The molecule has 16 heavy (non-hydrogen) atoms. The molecule has 1 aromatic carbocycles. The molecule has 1 N–H and O–H groups in total. The van der Waals surface area contributed by atoms with Crippen LogP contribution in [0.5, 0.6) is 0 Å². The Kier molecular flexibility index (Phi) is 3.82. The van der Waals surface area contributed by atoms with Gasteiger partial charge >= 0.3 is 0 Å². The van der Waals surface area contributed by atoms with Gasteiger partial charge in [0.1, 0.15) is 5.82 Å². The fourth-order valence-electron chi connectivity index (χ4n) is 2.16. The number of aliphatic hydroxyl groups is 1. The predicted octanol–water partition coefficient (Wildman–Crippen LogP) is 3.57. The Morgan fingerprint density at radius 3 is 2.75 bits per heavy atom. The van der Waals surface area contributed by atoms with Crippen LogP contribution in [-0.2, 0) is 6.42 Å². The maximum absolute atomic E-state index is 13.4. The molecule has 0 aromatic heterocycles. The molecular formula is C13H16ClFO. The summed E-state index contributed by atoms with van der Waals surface area (Å²) in [4.78, 5) is 0. The Morgan fingerprint density at radius 2 is 2.19 bits per heavy atom. The van der Waals surface area contributed by atoms with Crippen molar-refractivity contribution in [2.45, 2.75) is 38.2 Å². The average Bonchev–Trinajstić information content (AvgIpc) is 2.18. The van der Waals surface area contributed by atoms with E-state index in [1.165, 1.54) is 25.3 Å². The van der Waals surface area contributed by atoms with Gasteiger partial charge in [-0.3, -0.25) is 0 Å². The number of halogens is 2. The third-order valence-electron chi connectivity index (χ3n) is 3.33. The van der Waals surface area contributed by atoms with Crippen LogP contribution in [0.2, 0.25) is 5.02 Å². The molecule has 88 valence electrons. The molecule has 1 unspecified atom stereocenters. The van der Waals surface area contributed by atoms with Gasteiger partial charge in [0, 0.05) is 17.0 Å². The molecule has 1 nitrogen and oxygen atoms in total. The lowest BCUT2D eigenvalue weighted by Gasteiger charge is -2.27. The first-order valence-corrected chi connectivity index (χ1v) is 6.15. The second kappa shape index (κ2) is 5.15. The van der Waals surface area contributed by atoms with E-state index >= 15 is 0 Å². The van der Waals surface area contributed by atoms with Crippen molar-refractivity contribution in [1.82, 2.24) is 0 Å². The summed E-state index contributed by atoms with van der Waals surface area (Å²) < 4.78 is 13.4. The predicted molar refractivity (Wildman–Crippen MR) is 63.1 cm³/mol. The van der Waals surface area contributed by atoms with Gasteiger partial charge in [-0.1, -0.05) is 36.9 Å². The molecule has 3 heteroatoms. The number of rotatable bonds is 4. The Labute approximate surface area is 100 Å². The van der Waals surface area contributed by atoms with E-state index < -0.39 is 6.10 Å². The van der Waals surface area contributed by atoms with Crippen molar-refractivity contribution in [3.63, 3.8) is 0 Å². The zero-order valence-electron chi connectivity index (χ0n) is 9.13. The Morgan fingerprint density at radius 1 is 1.44 bits per heavy atom. The summed E-state index contributed by atoms with van der Waals surface area (Å²) in [5, 5.41) is 10.3. The highest BCUT2D eigenvalue weighted by molar-refractivity contribution is 6.31. The van der Waals surface area contributed by atoms with E-state index in [1.807, 2.05) is 0 Å². The maximum Gasteiger partial charge on any atom is 0.127 e. The molecule has 0 amide bonds. The highest BCUT2D eigenvalue weighted by Crippen LogP contribution is 2.31. The fraction of sp³-hybridized carbons (Fsp3) is 0.538. The largest absolute Gasteiger partial charge is 0.393 e. The van der Waals surface area contributed by atoms with Crippen LogP contribution in [0, 0.1) is 11.7 Å². The third-order valence-corrected chi connectivity index (χ3v) is 3.69. The van der Waals surface area contributed by atoms with Crippen LogP contribution in [0.4, 0.5) is 4.39 Å². The highest BCUT2D eigenvalue weighted by atomic mass is 35.5.